The molecule has 0 aromatic heterocycles. The van der Waals surface area contributed by atoms with Crippen molar-refractivity contribution < 1.29 is 31.4 Å². The van der Waals surface area contributed by atoms with Crippen molar-refractivity contribution in [3.63, 3.8) is 0 Å². The molecule has 0 aliphatic carbocycles. The summed E-state index contributed by atoms with van der Waals surface area (Å²) in [7, 11) is 0. The van der Waals surface area contributed by atoms with E-state index in [2.05, 4.69) is 9.47 Å². The van der Waals surface area contributed by atoms with E-state index in [4.69, 9.17) is 0 Å². The number of alkyl halides is 5. The normalized spacial score (nSPS) is 24.8. The first-order valence-corrected chi connectivity index (χ1v) is 5.35. The van der Waals surface area contributed by atoms with Crippen molar-refractivity contribution >= 4 is 0 Å². The van der Waals surface area contributed by atoms with E-state index in [9.17, 15) is 22.0 Å². The van der Waals surface area contributed by atoms with Crippen LogP contribution >= 0.6 is 0 Å². The molecule has 1 saturated heterocycles. The Kier molecular flexibility index (Phi) is 6.19. The van der Waals surface area contributed by atoms with Crippen LogP contribution in [0.3, 0.4) is 0 Å². The van der Waals surface area contributed by atoms with E-state index in [-0.39, 0.29) is 24.7 Å². The van der Waals surface area contributed by atoms with Crippen LogP contribution < -0.4 is 0 Å². The molecule has 1 fully saturated rings. The molecule has 1 aliphatic rings. The molecule has 0 saturated carbocycles. The van der Waals surface area contributed by atoms with Crippen LogP contribution in [0.25, 0.3) is 0 Å². The molecule has 0 bridgehead atoms. The van der Waals surface area contributed by atoms with Crippen molar-refractivity contribution in [1.29, 1.82) is 0 Å². The number of hydrogen-bond donors (Lipinski definition) is 0. The van der Waals surface area contributed by atoms with Crippen LogP contribution in [0.4, 0.5) is 22.0 Å². The summed E-state index contributed by atoms with van der Waals surface area (Å²) in [4.78, 5) is 0.820. The van der Waals surface area contributed by atoms with Gasteiger partial charge in [0.25, 0.3) is 0 Å². The largest absolute Gasteiger partial charge is 0.372 e. The number of rotatable bonds is 8. The molecule has 0 N–H and O–H groups in total. The number of halogens is 5. The minimum atomic E-state index is -3.52. The molecule has 1 aliphatic heterocycles. The standard InChI is InChI=1S/C9H15F5N2O2/c10-6-17-3-1-15-5-8(12)16(9(15,13)14)2-4-18-7-11/h8H,1-7H2. The van der Waals surface area contributed by atoms with Gasteiger partial charge in [-0.1, -0.05) is 0 Å². The molecule has 1 atom stereocenters. The third-order valence-corrected chi connectivity index (χ3v) is 2.57. The van der Waals surface area contributed by atoms with E-state index in [0.717, 1.165) is 0 Å². The van der Waals surface area contributed by atoms with E-state index in [1.54, 1.807) is 0 Å². The SMILES string of the molecule is FCOCCN1CC(F)N(CCOCF)C1(F)F. The zero-order valence-corrected chi connectivity index (χ0v) is 9.63. The Hall–Kier alpha value is -0.510. The van der Waals surface area contributed by atoms with Crippen molar-refractivity contribution in [2.45, 2.75) is 12.5 Å². The van der Waals surface area contributed by atoms with Gasteiger partial charge in [-0.2, -0.15) is 13.7 Å². The second-order valence-electron chi connectivity index (χ2n) is 3.62. The lowest BCUT2D eigenvalue weighted by Crippen LogP contribution is -2.48. The van der Waals surface area contributed by atoms with Gasteiger partial charge in [0.15, 0.2) is 20.0 Å². The number of nitrogens with zero attached hydrogens (tertiary/aromatic N) is 2. The van der Waals surface area contributed by atoms with Gasteiger partial charge in [-0.15, -0.1) is 0 Å². The lowest BCUT2D eigenvalue weighted by molar-refractivity contribution is -0.227. The van der Waals surface area contributed by atoms with E-state index in [0.29, 0.717) is 4.90 Å². The summed E-state index contributed by atoms with van der Waals surface area (Å²) in [5.74, 6) is 0. The highest BCUT2D eigenvalue weighted by atomic mass is 19.3. The predicted octanol–water partition coefficient (Wildman–Crippen LogP) is 1.34. The molecule has 4 nitrogen and oxygen atoms in total. The number of hydrogen-bond acceptors (Lipinski definition) is 4. The van der Waals surface area contributed by atoms with Crippen LogP contribution in [-0.2, 0) is 9.47 Å². The molecule has 0 amide bonds. The van der Waals surface area contributed by atoms with E-state index < -0.39 is 39.3 Å². The highest BCUT2D eigenvalue weighted by Crippen LogP contribution is 2.33. The van der Waals surface area contributed by atoms with Crippen LogP contribution in [0, 0.1) is 0 Å². The van der Waals surface area contributed by atoms with Crippen molar-refractivity contribution in [2.24, 2.45) is 0 Å². The summed E-state index contributed by atoms with van der Waals surface area (Å²) < 4.78 is 72.7. The second-order valence-corrected chi connectivity index (χ2v) is 3.62. The average molecular weight is 278 g/mol. The van der Waals surface area contributed by atoms with Gasteiger partial charge in [-0.25, -0.2) is 18.1 Å². The summed E-state index contributed by atoms with van der Waals surface area (Å²) in [6.07, 6.45) is -5.40. The first-order valence-electron chi connectivity index (χ1n) is 5.35. The molecule has 0 radical (unpaired) electrons. The first kappa shape index (κ1) is 15.5. The van der Waals surface area contributed by atoms with Crippen LogP contribution in [0.15, 0.2) is 0 Å². The van der Waals surface area contributed by atoms with E-state index in [1.165, 1.54) is 0 Å². The van der Waals surface area contributed by atoms with Gasteiger partial charge < -0.3 is 9.47 Å². The summed E-state index contributed by atoms with van der Waals surface area (Å²) in [5, 5.41) is 0. The summed E-state index contributed by atoms with van der Waals surface area (Å²) >= 11 is 0. The zero-order valence-electron chi connectivity index (χ0n) is 9.63. The van der Waals surface area contributed by atoms with Crippen molar-refractivity contribution in [3.05, 3.63) is 0 Å². The molecule has 0 aromatic rings. The van der Waals surface area contributed by atoms with Crippen LogP contribution in [0.1, 0.15) is 0 Å². The molecule has 1 unspecified atom stereocenters. The van der Waals surface area contributed by atoms with Crippen LogP contribution in [-0.4, -0.2) is 68.8 Å². The van der Waals surface area contributed by atoms with Crippen LogP contribution in [0.2, 0.25) is 0 Å². The fourth-order valence-electron chi connectivity index (χ4n) is 1.69. The minimum absolute atomic E-state index is 0.256. The van der Waals surface area contributed by atoms with E-state index >= 15 is 0 Å². The molecule has 1 rings (SSSR count). The Bertz CT molecular complexity index is 247. The van der Waals surface area contributed by atoms with Crippen LogP contribution in [0.5, 0.6) is 0 Å². The topological polar surface area (TPSA) is 24.9 Å². The third kappa shape index (κ3) is 3.74. The number of ether oxygens (including phenoxy) is 2. The van der Waals surface area contributed by atoms with Gasteiger partial charge in [-0.05, 0) is 0 Å². The maximum Gasteiger partial charge on any atom is 0.372 e. The molecule has 9 heteroatoms. The summed E-state index contributed by atoms with van der Waals surface area (Å²) in [5.41, 5.74) is 0. The summed E-state index contributed by atoms with van der Waals surface area (Å²) in [6.45, 7) is -4.01. The lowest BCUT2D eigenvalue weighted by Gasteiger charge is -2.28. The second kappa shape index (κ2) is 7.17. The average Bonchev–Trinajstić information content (AvgIpc) is 2.53. The Morgan fingerprint density at radius 1 is 1.06 bits per heavy atom. The molecular formula is C9H15F5N2O2. The quantitative estimate of drug-likeness (QED) is 0.380. The maximum absolute atomic E-state index is 13.7. The molecule has 0 aromatic carbocycles. The lowest BCUT2D eigenvalue weighted by atomic mass is 10.5. The van der Waals surface area contributed by atoms with Gasteiger partial charge in [0.05, 0.1) is 19.8 Å². The highest BCUT2D eigenvalue weighted by molar-refractivity contribution is 4.84. The molecule has 18 heavy (non-hydrogen) atoms. The highest BCUT2D eigenvalue weighted by Gasteiger charge is 2.53. The molecule has 108 valence electrons. The smallest absolute Gasteiger partial charge is 0.349 e. The predicted molar refractivity (Wildman–Crippen MR) is 52.0 cm³/mol. The Morgan fingerprint density at radius 2 is 1.61 bits per heavy atom. The van der Waals surface area contributed by atoms with Gasteiger partial charge in [-0.3, -0.25) is 0 Å². The van der Waals surface area contributed by atoms with Gasteiger partial charge >= 0.3 is 6.17 Å². The van der Waals surface area contributed by atoms with Crippen molar-refractivity contribution in [1.82, 2.24) is 9.80 Å². The first-order chi connectivity index (χ1) is 8.54. The minimum Gasteiger partial charge on any atom is -0.349 e. The zero-order chi connectivity index (χ0) is 13.6. The van der Waals surface area contributed by atoms with Crippen molar-refractivity contribution in [2.75, 3.05) is 46.6 Å². The molecule has 0 spiro atoms. The third-order valence-electron chi connectivity index (χ3n) is 2.57. The molecule has 1 heterocycles. The Morgan fingerprint density at radius 3 is 2.17 bits per heavy atom. The summed E-state index contributed by atoms with van der Waals surface area (Å²) in [6, 6.07) is 0. The Labute approximate surface area is 101 Å². The fraction of sp³-hybridized carbons (Fsp3) is 1.00. The van der Waals surface area contributed by atoms with E-state index in [1.807, 2.05) is 0 Å². The van der Waals surface area contributed by atoms with Crippen molar-refractivity contribution in [3.8, 4) is 0 Å². The monoisotopic (exact) mass is 278 g/mol. The maximum atomic E-state index is 13.7. The Balaban J connectivity index is 2.48. The van der Waals surface area contributed by atoms with Gasteiger partial charge in [0.2, 0.25) is 0 Å². The fourth-order valence-corrected chi connectivity index (χ4v) is 1.69. The van der Waals surface area contributed by atoms with Gasteiger partial charge in [0.1, 0.15) is 0 Å². The van der Waals surface area contributed by atoms with Gasteiger partial charge in [0, 0.05) is 13.1 Å². The molecular weight excluding hydrogens is 263 g/mol.